The van der Waals surface area contributed by atoms with E-state index in [1.54, 1.807) is 29.6 Å². The summed E-state index contributed by atoms with van der Waals surface area (Å²) in [5.41, 5.74) is 2.07. The zero-order chi connectivity index (χ0) is 20.9. The molecule has 0 saturated carbocycles. The molecule has 0 aliphatic rings. The van der Waals surface area contributed by atoms with Crippen LogP contribution >= 0.6 is 35.5 Å². The predicted octanol–water partition coefficient (Wildman–Crippen LogP) is 5.58. The molecule has 0 aliphatic carbocycles. The molecule has 0 unspecified atom stereocenters. The van der Waals surface area contributed by atoms with Crippen LogP contribution in [-0.4, -0.2) is 32.7 Å². The molecule has 9 heteroatoms. The van der Waals surface area contributed by atoms with Gasteiger partial charge in [-0.3, -0.25) is 9.69 Å². The van der Waals surface area contributed by atoms with Gasteiger partial charge in [0, 0.05) is 30.4 Å². The van der Waals surface area contributed by atoms with Crippen molar-refractivity contribution < 1.29 is 9.18 Å². The number of imidazole rings is 1. The number of halogens is 2. The molecule has 0 spiro atoms. The number of nitrogens with zero attached hydrogens (tertiary/aromatic N) is 4. The molecule has 0 saturated heterocycles. The number of rotatable bonds is 8. The van der Waals surface area contributed by atoms with E-state index in [1.165, 1.54) is 40.8 Å². The Morgan fingerprint density at radius 2 is 2.03 bits per heavy atom. The molecular formula is C22H22ClFN4OS2. The minimum absolute atomic E-state index is 0. The van der Waals surface area contributed by atoms with E-state index in [9.17, 15) is 9.18 Å². The number of benzene rings is 2. The molecule has 0 atom stereocenters. The van der Waals surface area contributed by atoms with Crippen molar-refractivity contribution in [2.45, 2.75) is 24.8 Å². The maximum absolute atomic E-state index is 13.1. The van der Waals surface area contributed by atoms with Gasteiger partial charge < -0.3 is 4.57 Å². The van der Waals surface area contributed by atoms with E-state index in [2.05, 4.69) is 11.1 Å². The second kappa shape index (κ2) is 10.7. The molecule has 0 fully saturated rings. The van der Waals surface area contributed by atoms with Gasteiger partial charge in [-0.15, -0.1) is 24.2 Å². The molecular weight excluding hydrogens is 455 g/mol. The summed E-state index contributed by atoms with van der Waals surface area (Å²) >= 11 is 2.94. The highest BCUT2D eigenvalue weighted by molar-refractivity contribution is 8.00. The molecule has 0 bridgehead atoms. The fourth-order valence-corrected chi connectivity index (χ4v) is 4.93. The second-order valence-electron chi connectivity index (χ2n) is 6.91. The zero-order valence-electron chi connectivity index (χ0n) is 16.9. The predicted molar refractivity (Wildman–Crippen MR) is 128 cm³/mol. The Kier molecular flexibility index (Phi) is 8.06. The summed E-state index contributed by atoms with van der Waals surface area (Å²) in [5, 5.41) is 0.714. The minimum Gasteiger partial charge on any atom is -0.337 e. The second-order valence-corrected chi connectivity index (χ2v) is 8.97. The lowest BCUT2D eigenvalue weighted by atomic mass is 10.2. The summed E-state index contributed by atoms with van der Waals surface area (Å²) in [7, 11) is 0. The smallest absolute Gasteiger partial charge is 0.239 e. The lowest BCUT2D eigenvalue weighted by Crippen LogP contribution is -2.33. The average molecular weight is 477 g/mol. The minimum atomic E-state index is -0.281. The molecule has 1 amide bonds. The Hall–Kier alpha value is -2.42. The molecule has 2 aromatic carbocycles. The van der Waals surface area contributed by atoms with Gasteiger partial charge in [0.05, 0.1) is 22.3 Å². The van der Waals surface area contributed by atoms with Gasteiger partial charge >= 0.3 is 0 Å². The number of fused-ring (bicyclic) bond motifs is 1. The summed E-state index contributed by atoms with van der Waals surface area (Å²) in [4.78, 5) is 24.5. The average Bonchev–Trinajstić information content (AvgIpc) is 3.40. The van der Waals surface area contributed by atoms with Crippen LogP contribution in [0.15, 0.2) is 66.1 Å². The normalized spacial score (nSPS) is 10.8. The Labute approximate surface area is 194 Å². The first-order valence-electron chi connectivity index (χ1n) is 9.60. The fourth-order valence-electron chi connectivity index (χ4n) is 3.05. The van der Waals surface area contributed by atoms with Crippen molar-refractivity contribution in [3.8, 4) is 0 Å². The number of carbonyl (C=O) groups excluding carboxylic acids is 1. The molecule has 0 aliphatic heterocycles. The van der Waals surface area contributed by atoms with E-state index in [0.717, 1.165) is 28.1 Å². The Morgan fingerprint density at radius 1 is 1.23 bits per heavy atom. The van der Waals surface area contributed by atoms with Crippen LogP contribution in [-0.2, 0) is 11.3 Å². The third kappa shape index (κ3) is 6.06. The summed E-state index contributed by atoms with van der Waals surface area (Å²) in [6, 6.07) is 12.3. The molecule has 162 valence electrons. The van der Waals surface area contributed by atoms with E-state index in [-0.39, 0.29) is 29.9 Å². The molecule has 0 radical (unpaired) electrons. The number of aryl methyl sites for hydroxylation is 2. The van der Waals surface area contributed by atoms with Crippen LogP contribution < -0.4 is 4.90 Å². The van der Waals surface area contributed by atoms with Crippen molar-refractivity contribution in [2.75, 3.05) is 17.2 Å². The lowest BCUT2D eigenvalue weighted by Gasteiger charge is -2.20. The largest absolute Gasteiger partial charge is 0.337 e. The van der Waals surface area contributed by atoms with Crippen LogP contribution in [0.4, 0.5) is 9.52 Å². The van der Waals surface area contributed by atoms with Crippen molar-refractivity contribution in [3.63, 3.8) is 0 Å². The molecule has 2 heterocycles. The van der Waals surface area contributed by atoms with Crippen LogP contribution in [0.25, 0.3) is 10.2 Å². The van der Waals surface area contributed by atoms with Crippen LogP contribution in [0.5, 0.6) is 0 Å². The van der Waals surface area contributed by atoms with Crippen molar-refractivity contribution in [2.24, 2.45) is 0 Å². The monoisotopic (exact) mass is 476 g/mol. The van der Waals surface area contributed by atoms with Gasteiger partial charge in [0.25, 0.3) is 0 Å². The van der Waals surface area contributed by atoms with Crippen molar-refractivity contribution in [1.82, 2.24) is 14.5 Å². The highest BCUT2D eigenvalue weighted by Gasteiger charge is 2.20. The maximum atomic E-state index is 13.1. The number of amides is 1. The quantitative estimate of drug-likeness (QED) is 0.311. The third-order valence-electron chi connectivity index (χ3n) is 4.60. The number of hydrogen-bond donors (Lipinski definition) is 0. The van der Waals surface area contributed by atoms with E-state index in [0.29, 0.717) is 11.7 Å². The number of thioether (sulfide) groups is 1. The van der Waals surface area contributed by atoms with Crippen molar-refractivity contribution >= 4 is 56.8 Å². The van der Waals surface area contributed by atoms with Gasteiger partial charge in [0.2, 0.25) is 5.91 Å². The number of carbonyl (C=O) groups is 1. The van der Waals surface area contributed by atoms with Gasteiger partial charge in [-0.2, -0.15) is 0 Å². The number of thiazole rings is 1. The first-order valence-corrected chi connectivity index (χ1v) is 11.4. The summed E-state index contributed by atoms with van der Waals surface area (Å²) in [5.74, 6) is -0.0200. The highest BCUT2D eigenvalue weighted by atomic mass is 35.5. The Bertz CT molecular complexity index is 1130. The van der Waals surface area contributed by atoms with E-state index >= 15 is 0 Å². The molecule has 4 aromatic rings. The summed E-state index contributed by atoms with van der Waals surface area (Å²) in [6.07, 6.45) is 6.23. The molecule has 31 heavy (non-hydrogen) atoms. The summed E-state index contributed by atoms with van der Waals surface area (Å²) in [6.45, 7) is 3.39. The van der Waals surface area contributed by atoms with Gasteiger partial charge in [-0.25, -0.2) is 14.4 Å². The number of anilines is 1. The Morgan fingerprint density at radius 3 is 2.77 bits per heavy atom. The highest BCUT2D eigenvalue weighted by Crippen LogP contribution is 2.30. The topological polar surface area (TPSA) is 51.0 Å². The van der Waals surface area contributed by atoms with E-state index < -0.39 is 0 Å². The number of aromatic nitrogens is 3. The zero-order valence-corrected chi connectivity index (χ0v) is 19.4. The molecule has 5 nitrogen and oxygen atoms in total. The maximum Gasteiger partial charge on any atom is 0.239 e. The van der Waals surface area contributed by atoms with Crippen LogP contribution in [0.2, 0.25) is 0 Å². The van der Waals surface area contributed by atoms with Gasteiger partial charge in [0.15, 0.2) is 5.13 Å². The van der Waals surface area contributed by atoms with Crippen molar-refractivity contribution in [3.05, 3.63) is 72.6 Å². The summed E-state index contributed by atoms with van der Waals surface area (Å²) < 4.78 is 16.2. The van der Waals surface area contributed by atoms with E-state index in [1.807, 2.05) is 29.8 Å². The van der Waals surface area contributed by atoms with Gasteiger partial charge in [-0.1, -0.05) is 17.4 Å². The molecule has 0 N–H and O–H groups in total. The van der Waals surface area contributed by atoms with Crippen LogP contribution in [0.3, 0.4) is 0 Å². The standard InChI is InChI=1S/C22H21FN4OS2.ClH/c1-16-3-8-19-20(13-16)30-22(25-19)27(11-2-10-26-12-9-24-15-26)21(28)14-29-18-6-4-17(23)5-7-18;/h3-9,12-13,15H,2,10-11,14H2,1H3;1H. The fraction of sp³-hybridized carbons (Fsp3) is 0.227. The number of hydrogen-bond acceptors (Lipinski definition) is 5. The van der Waals surface area contributed by atoms with Crippen LogP contribution in [0.1, 0.15) is 12.0 Å². The van der Waals surface area contributed by atoms with Crippen LogP contribution in [0, 0.1) is 12.7 Å². The molecule has 4 rings (SSSR count). The molecule has 2 aromatic heterocycles. The third-order valence-corrected chi connectivity index (χ3v) is 6.64. The van der Waals surface area contributed by atoms with Gasteiger partial charge in [0.1, 0.15) is 5.82 Å². The van der Waals surface area contributed by atoms with E-state index in [4.69, 9.17) is 4.98 Å². The van der Waals surface area contributed by atoms with Crippen molar-refractivity contribution in [1.29, 1.82) is 0 Å². The Balaban J connectivity index is 0.00000272. The van der Waals surface area contributed by atoms with Gasteiger partial charge in [-0.05, 0) is 55.3 Å². The first kappa shape index (κ1) is 23.2. The SMILES string of the molecule is Cc1ccc2nc(N(CCCn3ccnc3)C(=O)CSc3ccc(F)cc3)sc2c1.Cl. The lowest BCUT2D eigenvalue weighted by molar-refractivity contribution is -0.116. The first-order chi connectivity index (χ1) is 14.6.